The molecular weight excluding hydrogens is 200 g/mol. The van der Waals surface area contributed by atoms with Gasteiger partial charge in [0.1, 0.15) is 0 Å². The van der Waals surface area contributed by atoms with Crippen molar-refractivity contribution in [2.75, 3.05) is 11.9 Å². The molecule has 0 unspecified atom stereocenters. The first-order valence-electron chi connectivity index (χ1n) is 4.25. The molecule has 15 heavy (non-hydrogen) atoms. The number of nitrogens with one attached hydrogen (secondary N) is 1. The topological polar surface area (TPSA) is 88.5 Å². The number of aromatic carboxylic acids is 1. The standard InChI is InChI=1S/C9H8N2O4/c1-4-2-5(9(13)14)10-8-7(4)15-3-6(12)11-8/h2H,3H2,1H3,(H,13,14)(H,10,11,12). The van der Waals surface area contributed by atoms with Crippen LogP contribution in [0.2, 0.25) is 0 Å². The van der Waals surface area contributed by atoms with Crippen molar-refractivity contribution >= 4 is 17.7 Å². The molecule has 0 saturated carbocycles. The van der Waals surface area contributed by atoms with Gasteiger partial charge in [-0.2, -0.15) is 0 Å². The molecule has 2 rings (SSSR count). The number of carbonyl (C=O) groups is 2. The Kier molecular flexibility index (Phi) is 2.03. The van der Waals surface area contributed by atoms with Crippen molar-refractivity contribution in [3.63, 3.8) is 0 Å². The summed E-state index contributed by atoms with van der Waals surface area (Å²) in [5, 5.41) is 11.2. The lowest BCUT2D eigenvalue weighted by Crippen LogP contribution is -2.27. The zero-order chi connectivity index (χ0) is 11.0. The van der Waals surface area contributed by atoms with Crippen LogP contribution < -0.4 is 10.1 Å². The summed E-state index contributed by atoms with van der Waals surface area (Å²) in [4.78, 5) is 25.5. The number of hydrogen-bond donors (Lipinski definition) is 2. The molecule has 6 nitrogen and oxygen atoms in total. The monoisotopic (exact) mass is 208 g/mol. The Morgan fingerprint density at radius 1 is 1.67 bits per heavy atom. The minimum Gasteiger partial charge on any atom is -0.480 e. The van der Waals surface area contributed by atoms with Crippen LogP contribution in [0.4, 0.5) is 5.82 Å². The van der Waals surface area contributed by atoms with Crippen molar-refractivity contribution in [1.82, 2.24) is 4.98 Å². The SMILES string of the molecule is Cc1cc(C(=O)O)nc2c1OCC(=O)N2. The van der Waals surface area contributed by atoms with Gasteiger partial charge < -0.3 is 15.2 Å². The predicted octanol–water partition coefficient (Wildman–Crippen LogP) is 0.419. The maximum Gasteiger partial charge on any atom is 0.354 e. The number of carboxylic acid groups (broad SMARTS) is 1. The van der Waals surface area contributed by atoms with E-state index in [4.69, 9.17) is 9.84 Å². The highest BCUT2D eigenvalue weighted by atomic mass is 16.5. The number of rotatable bonds is 1. The Labute approximate surface area is 84.9 Å². The number of aromatic nitrogens is 1. The van der Waals surface area contributed by atoms with Crippen LogP contribution in [-0.4, -0.2) is 28.6 Å². The van der Waals surface area contributed by atoms with Crippen molar-refractivity contribution in [2.24, 2.45) is 0 Å². The lowest BCUT2D eigenvalue weighted by Gasteiger charge is -2.18. The molecule has 0 saturated heterocycles. The summed E-state index contributed by atoms with van der Waals surface area (Å²) in [6.07, 6.45) is 0. The average Bonchev–Trinajstić information content (AvgIpc) is 2.16. The number of hydrogen-bond acceptors (Lipinski definition) is 4. The minimum absolute atomic E-state index is 0.0675. The molecule has 1 aliphatic heterocycles. The normalized spacial score (nSPS) is 13.8. The first-order chi connectivity index (χ1) is 7.08. The van der Waals surface area contributed by atoms with E-state index >= 15 is 0 Å². The first-order valence-corrected chi connectivity index (χ1v) is 4.25. The summed E-state index contributed by atoms with van der Waals surface area (Å²) in [6, 6.07) is 1.40. The van der Waals surface area contributed by atoms with Gasteiger partial charge in [-0.1, -0.05) is 0 Å². The average molecular weight is 208 g/mol. The van der Waals surface area contributed by atoms with Crippen molar-refractivity contribution < 1.29 is 19.4 Å². The van der Waals surface area contributed by atoms with Crippen LogP contribution in [0.15, 0.2) is 6.07 Å². The number of ether oxygens (including phenoxy) is 1. The molecule has 0 atom stereocenters. The van der Waals surface area contributed by atoms with E-state index in [2.05, 4.69) is 10.3 Å². The highest BCUT2D eigenvalue weighted by molar-refractivity contribution is 5.95. The van der Waals surface area contributed by atoms with E-state index in [0.717, 1.165) is 0 Å². The van der Waals surface area contributed by atoms with E-state index in [-0.39, 0.29) is 24.0 Å². The van der Waals surface area contributed by atoms with Crippen LogP contribution in [-0.2, 0) is 4.79 Å². The summed E-state index contributed by atoms with van der Waals surface area (Å²) >= 11 is 0. The van der Waals surface area contributed by atoms with Crippen LogP contribution in [0.25, 0.3) is 0 Å². The second-order valence-corrected chi connectivity index (χ2v) is 3.14. The molecule has 0 fully saturated rings. The van der Waals surface area contributed by atoms with Crippen LogP contribution in [0, 0.1) is 6.92 Å². The van der Waals surface area contributed by atoms with Gasteiger partial charge in [-0.05, 0) is 18.6 Å². The van der Waals surface area contributed by atoms with E-state index < -0.39 is 5.97 Å². The number of pyridine rings is 1. The van der Waals surface area contributed by atoms with E-state index in [1.807, 2.05) is 0 Å². The summed E-state index contributed by atoms with van der Waals surface area (Å²) in [6.45, 7) is 1.63. The molecular formula is C9H8N2O4. The van der Waals surface area contributed by atoms with Crippen LogP contribution >= 0.6 is 0 Å². The first kappa shape index (κ1) is 9.45. The van der Waals surface area contributed by atoms with Gasteiger partial charge in [-0.15, -0.1) is 0 Å². The zero-order valence-electron chi connectivity index (χ0n) is 7.90. The Balaban J connectivity index is 2.53. The fourth-order valence-electron chi connectivity index (χ4n) is 1.34. The fraction of sp³-hybridized carbons (Fsp3) is 0.222. The lowest BCUT2D eigenvalue weighted by molar-refractivity contribution is -0.118. The van der Waals surface area contributed by atoms with E-state index in [1.165, 1.54) is 6.07 Å². The molecule has 0 aliphatic carbocycles. The van der Waals surface area contributed by atoms with Crippen LogP contribution in [0.1, 0.15) is 16.1 Å². The highest BCUT2D eigenvalue weighted by Crippen LogP contribution is 2.29. The number of fused-ring (bicyclic) bond motifs is 1. The Hall–Kier alpha value is -2.11. The quantitative estimate of drug-likeness (QED) is 0.698. The molecule has 0 radical (unpaired) electrons. The molecule has 1 aliphatic rings. The van der Waals surface area contributed by atoms with Crippen molar-refractivity contribution in [2.45, 2.75) is 6.92 Å². The molecule has 2 N–H and O–H groups in total. The number of nitrogens with zero attached hydrogens (tertiary/aromatic N) is 1. The van der Waals surface area contributed by atoms with Gasteiger partial charge >= 0.3 is 5.97 Å². The Morgan fingerprint density at radius 3 is 3.07 bits per heavy atom. The van der Waals surface area contributed by atoms with Gasteiger partial charge in [0.25, 0.3) is 5.91 Å². The van der Waals surface area contributed by atoms with Gasteiger partial charge in [0, 0.05) is 0 Å². The summed E-state index contributed by atoms with van der Waals surface area (Å²) < 4.78 is 5.13. The number of carboxylic acids is 1. The van der Waals surface area contributed by atoms with Crippen LogP contribution in [0.3, 0.4) is 0 Å². The van der Waals surface area contributed by atoms with E-state index in [0.29, 0.717) is 11.3 Å². The summed E-state index contributed by atoms with van der Waals surface area (Å²) in [5.74, 6) is -0.874. The van der Waals surface area contributed by atoms with Gasteiger partial charge in [0.05, 0.1) is 0 Å². The second-order valence-electron chi connectivity index (χ2n) is 3.14. The van der Waals surface area contributed by atoms with E-state index in [9.17, 15) is 9.59 Å². The maximum atomic E-state index is 11.0. The second kappa shape index (κ2) is 3.23. The third-order valence-electron chi connectivity index (χ3n) is 1.98. The molecule has 78 valence electrons. The van der Waals surface area contributed by atoms with Crippen molar-refractivity contribution in [3.8, 4) is 5.75 Å². The minimum atomic E-state index is -1.14. The molecule has 0 aromatic carbocycles. The largest absolute Gasteiger partial charge is 0.480 e. The van der Waals surface area contributed by atoms with Gasteiger partial charge in [-0.25, -0.2) is 9.78 Å². The summed E-state index contributed by atoms with van der Waals surface area (Å²) in [5.41, 5.74) is 0.523. The predicted molar refractivity (Wildman–Crippen MR) is 50.1 cm³/mol. The number of amides is 1. The van der Waals surface area contributed by atoms with Gasteiger partial charge in [-0.3, -0.25) is 4.79 Å². The summed E-state index contributed by atoms with van der Waals surface area (Å²) in [7, 11) is 0. The van der Waals surface area contributed by atoms with Crippen molar-refractivity contribution in [3.05, 3.63) is 17.3 Å². The lowest BCUT2D eigenvalue weighted by atomic mass is 10.2. The molecule has 6 heteroatoms. The highest BCUT2D eigenvalue weighted by Gasteiger charge is 2.21. The van der Waals surface area contributed by atoms with Crippen LogP contribution in [0.5, 0.6) is 5.75 Å². The third kappa shape index (κ3) is 1.61. The molecule has 1 aromatic rings. The van der Waals surface area contributed by atoms with Crippen molar-refractivity contribution in [1.29, 1.82) is 0 Å². The molecule has 1 amide bonds. The smallest absolute Gasteiger partial charge is 0.354 e. The number of anilines is 1. The van der Waals surface area contributed by atoms with Gasteiger partial charge in [0.2, 0.25) is 0 Å². The zero-order valence-corrected chi connectivity index (χ0v) is 7.90. The molecule has 2 heterocycles. The third-order valence-corrected chi connectivity index (χ3v) is 1.98. The number of aryl methyl sites for hydroxylation is 1. The maximum absolute atomic E-state index is 11.0. The Morgan fingerprint density at radius 2 is 2.40 bits per heavy atom. The fourth-order valence-corrected chi connectivity index (χ4v) is 1.34. The molecule has 0 bridgehead atoms. The molecule has 1 aromatic heterocycles. The molecule has 0 spiro atoms. The Bertz CT molecular complexity index is 456. The van der Waals surface area contributed by atoms with Gasteiger partial charge in [0.15, 0.2) is 23.9 Å². The number of carbonyl (C=O) groups excluding carboxylic acids is 1. The van der Waals surface area contributed by atoms with E-state index in [1.54, 1.807) is 6.92 Å².